The Morgan fingerprint density at radius 1 is 1.20 bits per heavy atom. The number of nitro groups is 1. The lowest BCUT2D eigenvalue weighted by molar-refractivity contribution is -0.384. The Hall–Kier alpha value is -4.08. The minimum absolute atomic E-state index is 0.0459. The number of amides is 2. The molecule has 10 heteroatoms. The van der Waals surface area contributed by atoms with E-state index in [4.69, 9.17) is 0 Å². The number of para-hydroxylation sites is 1. The van der Waals surface area contributed by atoms with Crippen LogP contribution in [0, 0.1) is 10.1 Å². The van der Waals surface area contributed by atoms with Crippen molar-refractivity contribution in [1.29, 1.82) is 0 Å². The number of hydrogen-bond acceptors (Lipinski definition) is 6. The van der Waals surface area contributed by atoms with Gasteiger partial charge in [0.2, 0.25) is 5.88 Å². The highest BCUT2D eigenvalue weighted by molar-refractivity contribution is 5.95. The average Bonchev–Trinajstić information content (AvgIpc) is 2.99. The Morgan fingerprint density at radius 3 is 2.73 bits per heavy atom. The molecular weight excluding hydrogens is 390 g/mol. The van der Waals surface area contributed by atoms with Crippen molar-refractivity contribution in [3.63, 3.8) is 0 Å². The van der Waals surface area contributed by atoms with Gasteiger partial charge in [0.05, 0.1) is 10.4 Å². The quantitative estimate of drug-likeness (QED) is 0.265. The highest BCUT2D eigenvalue weighted by atomic mass is 16.6. The minimum Gasteiger partial charge on any atom is -0.493 e. The van der Waals surface area contributed by atoms with Crippen LogP contribution >= 0.6 is 0 Å². The molecular formula is C20H19N5O5. The third-order valence-electron chi connectivity index (χ3n) is 4.48. The summed E-state index contributed by atoms with van der Waals surface area (Å²) in [5.41, 5.74) is 0.984. The number of nitro benzene ring substituents is 1. The van der Waals surface area contributed by atoms with E-state index in [-0.39, 0.29) is 35.8 Å². The Balaban J connectivity index is 1.52. The van der Waals surface area contributed by atoms with E-state index in [2.05, 4.69) is 15.5 Å². The highest BCUT2D eigenvalue weighted by Gasteiger charge is 2.14. The monoisotopic (exact) mass is 409 g/mol. The number of non-ortho nitro benzene ring substituents is 1. The van der Waals surface area contributed by atoms with Gasteiger partial charge in [-0.15, -0.1) is 10.2 Å². The summed E-state index contributed by atoms with van der Waals surface area (Å²) in [5.74, 6) is -1.04. The maximum atomic E-state index is 12.0. The van der Waals surface area contributed by atoms with E-state index in [0.717, 1.165) is 5.52 Å². The second-order valence-corrected chi connectivity index (χ2v) is 6.51. The number of aryl methyl sites for hydroxylation is 1. The molecule has 0 bridgehead atoms. The number of hydrogen-bond donors (Lipinski definition) is 2. The van der Waals surface area contributed by atoms with Crippen LogP contribution in [0.4, 0.5) is 11.4 Å². The van der Waals surface area contributed by atoms with Crippen molar-refractivity contribution in [2.24, 2.45) is 17.3 Å². The average molecular weight is 409 g/mol. The van der Waals surface area contributed by atoms with E-state index in [1.54, 1.807) is 23.7 Å². The topological polar surface area (TPSA) is 139 Å². The standard InChI is InChI=1S/C20H19N5O5/c1-24-16-9-3-2-8-15(16)18(20(24)28)23-22-17(26)10-5-11-21-19(27)13-6-4-7-14(12-13)25(29)30/h2-4,6-9,12,28H,5,10-11H2,1H3,(H,21,27). The summed E-state index contributed by atoms with van der Waals surface area (Å²) in [7, 11) is 1.68. The lowest BCUT2D eigenvalue weighted by atomic mass is 10.2. The summed E-state index contributed by atoms with van der Waals surface area (Å²) < 4.78 is 1.55. The van der Waals surface area contributed by atoms with E-state index in [9.17, 15) is 24.8 Å². The molecule has 1 heterocycles. The number of aromatic nitrogens is 1. The number of nitrogens with zero attached hydrogens (tertiary/aromatic N) is 4. The second kappa shape index (κ2) is 8.95. The maximum Gasteiger partial charge on any atom is 0.270 e. The first-order chi connectivity index (χ1) is 14.4. The first-order valence-corrected chi connectivity index (χ1v) is 9.12. The molecule has 0 atom stereocenters. The second-order valence-electron chi connectivity index (χ2n) is 6.51. The largest absolute Gasteiger partial charge is 0.493 e. The molecule has 30 heavy (non-hydrogen) atoms. The van der Waals surface area contributed by atoms with Crippen LogP contribution in [0.1, 0.15) is 23.2 Å². The lowest BCUT2D eigenvalue weighted by Crippen LogP contribution is -2.24. The van der Waals surface area contributed by atoms with Crippen LogP contribution in [0.15, 0.2) is 58.8 Å². The zero-order valence-electron chi connectivity index (χ0n) is 16.1. The number of carbonyl (C=O) groups excluding carboxylic acids is 2. The fourth-order valence-corrected chi connectivity index (χ4v) is 2.92. The van der Waals surface area contributed by atoms with Crippen LogP contribution in [-0.4, -0.2) is 33.0 Å². The van der Waals surface area contributed by atoms with Gasteiger partial charge in [0.1, 0.15) is 0 Å². The fraction of sp³-hybridized carbons (Fsp3) is 0.200. The number of carbonyl (C=O) groups is 2. The zero-order valence-corrected chi connectivity index (χ0v) is 16.1. The molecule has 0 radical (unpaired) electrons. The molecule has 1 aromatic heterocycles. The van der Waals surface area contributed by atoms with E-state index < -0.39 is 16.7 Å². The molecule has 0 spiro atoms. The van der Waals surface area contributed by atoms with Crippen LogP contribution in [0.3, 0.4) is 0 Å². The zero-order chi connectivity index (χ0) is 21.7. The van der Waals surface area contributed by atoms with Crippen LogP contribution in [-0.2, 0) is 11.8 Å². The van der Waals surface area contributed by atoms with E-state index in [1.807, 2.05) is 12.1 Å². The van der Waals surface area contributed by atoms with Crippen molar-refractivity contribution in [3.8, 4) is 5.88 Å². The molecule has 0 aliphatic carbocycles. The lowest BCUT2D eigenvalue weighted by Gasteiger charge is -2.04. The molecule has 2 N–H and O–H groups in total. The molecule has 0 saturated carbocycles. The summed E-state index contributed by atoms with van der Waals surface area (Å²) in [6.45, 7) is 0.197. The number of aromatic hydroxyl groups is 1. The number of azo groups is 1. The van der Waals surface area contributed by atoms with Crippen molar-refractivity contribution in [2.75, 3.05) is 6.54 Å². The van der Waals surface area contributed by atoms with E-state index in [1.165, 1.54) is 24.3 Å². The van der Waals surface area contributed by atoms with E-state index >= 15 is 0 Å². The van der Waals surface area contributed by atoms with Gasteiger partial charge < -0.3 is 15.0 Å². The Morgan fingerprint density at radius 2 is 1.97 bits per heavy atom. The predicted octanol–water partition coefficient (Wildman–Crippen LogP) is 3.61. The number of fused-ring (bicyclic) bond motifs is 1. The van der Waals surface area contributed by atoms with Crippen LogP contribution in [0.25, 0.3) is 10.9 Å². The molecule has 3 aromatic rings. The summed E-state index contributed by atoms with van der Waals surface area (Å²) in [4.78, 5) is 34.2. The molecule has 2 amide bonds. The van der Waals surface area contributed by atoms with Crippen LogP contribution in [0.5, 0.6) is 5.88 Å². The number of benzene rings is 2. The smallest absolute Gasteiger partial charge is 0.270 e. The van der Waals surface area contributed by atoms with Crippen LogP contribution in [0.2, 0.25) is 0 Å². The first kappa shape index (κ1) is 20.6. The minimum atomic E-state index is -0.575. The maximum absolute atomic E-state index is 12.0. The van der Waals surface area contributed by atoms with Gasteiger partial charge >= 0.3 is 0 Å². The Kier molecular flexibility index (Phi) is 6.16. The van der Waals surface area contributed by atoms with Gasteiger partial charge in [0.25, 0.3) is 17.5 Å². The molecule has 154 valence electrons. The molecule has 0 aliphatic heterocycles. The molecule has 10 nitrogen and oxygen atoms in total. The third kappa shape index (κ3) is 4.49. The van der Waals surface area contributed by atoms with Crippen molar-refractivity contribution >= 4 is 34.1 Å². The number of nitrogens with one attached hydrogen (secondary N) is 1. The normalized spacial score (nSPS) is 11.1. The van der Waals surface area contributed by atoms with Crippen molar-refractivity contribution < 1.29 is 19.6 Å². The van der Waals surface area contributed by atoms with Gasteiger partial charge in [-0.25, -0.2) is 0 Å². The van der Waals surface area contributed by atoms with Gasteiger partial charge in [-0.05, 0) is 18.6 Å². The Bertz CT molecular complexity index is 1150. The molecule has 3 rings (SSSR count). The SMILES string of the molecule is Cn1c(O)c(N=NC(=O)CCCNC(=O)c2cccc([N+](=O)[O-])c2)c2ccccc21. The highest BCUT2D eigenvalue weighted by Crippen LogP contribution is 2.37. The summed E-state index contributed by atoms with van der Waals surface area (Å²) in [5, 5.41) is 31.8. The first-order valence-electron chi connectivity index (χ1n) is 9.12. The van der Waals surface area contributed by atoms with Gasteiger partial charge in [-0.1, -0.05) is 24.3 Å². The van der Waals surface area contributed by atoms with Gasteiger partial charge in [-0.2, -0.15) is 0 Å². The van der Waals surface area contributed by atoms with Crippen molar-refractivity contribution in [2.45, 2.75) is 12.8 Å². The van der Waals surface area contributed by atoms with Gasteiger partial charge in [0, 0.05) is 43.1 Å². The summed E-state index contributed by atoms with van der Waals surface area (Å²) in [6, 6.07) is 12.6. The Labute approximate surface area is 171 Å². The predicted molar refractivity (Wildman–Crippen MR) is 109 cm³/mol. The molecule has 0 saturated heterocycles. The van der Waals surface area contributed by atoms with Crippen LogP contribution < -0.4 is 5.32 Å². The third-order valence-corrected chi connectivity index (χ3v) is 4.48. The number of rotatable bonds is 7. The van der Waals surface area contributed by atoms with Gasteiger partial charge in [0.15, 0.2) is 5.69 Å². The van der Waals surface area contributed by atoms with Crippen molar-refractivity contribution in [3.05, 3.63) is 64.2 Å². The molecule has 0 fully saturated rings. The van der Waals surface area contributed by atoms with Gasteiger partial charge in [-0.3, -0.25) is 19.7 Å². The van der Waals surface area contributed by atoms with Crippen molar-refractivity contribution in [1.82, 2.24) is 9.88 Å². The molecule has 2 aromatic carbocycles. The van der Waals surface area contributed by atoms with E-state index in [0.29, 0.717) is 11.8 Å². The summed E-state index contributed by atoms with van der Waals surface area (Å²) >= 11 is 0. The summed E-state index contributed by atoms with van der Waals surface area (Å²) in [6.07, 6.45) is 0.365. The molecule has 0 aliphatic rings. The molecule has 0 unspecified atom stereocenters. The fourth-order valence-electron chi connectivity index (χ4n) is 2.92.